The van der Waals surface area contributed by atoms with Gasteiger partial charge in [-0.3, -0.25) is 9.79 Å². The van der Waals surface area contributed by atoms with Crippen molar-refractivity contribution in [1.82, 2.24) is 10.6 Å². The van der Waals surface area contributed by atoms with Crippen LogP contribution in [0.4, 0.5) is 5.69 Å². The minimum Gasteiger partial charge on any atom is -0.368 e. The van der Waals surface area contributed by atoms with E-state index in [1.54, 1.807) is 7.05 Å². The molecule has 6 heteroatoms. The summed E-state index contributed by atoms with van der Waals surface area (Å²) in [6.07, 6.45) is 6.30. The van der Waals surface area contributed by atoms with Gasteiger partial charge in [0, 0.05) is 31.9 Å². The smallest absolute Gasteiger partial charge is 0.253 e. The van der Waals surface area contributed by atoms with Gasteiger partial charge >= 0.3 is 0 Å². The fourth-order valence-electron chi connectivity index (χ4n) is 3.15. The zero-order valence-corrected chi connectivity index (χ0v) is 16.9. The van der Waals surface area contributed by atoms with Crippen LogP contribution in [-0.4, -0.2) is 37.7 Å². The molecule has 0 aliphatic carbocycles. The number of hydrogen-bond donors (Lipinski definition) is 3. The average Bonchev–Trinajstić information content (AvgIpc) is 3.20. The lowest BCUT2D eigenvalue weighted by molar-refractivity contribution is -0.124. The average molecular weight is 375 g/mol. The Hall–Kier alpha value is -2.08. The Morgan fingerprint density at radius 3 is 2.93 bits per heavy atom. The zero-order chi connectivity index (χ0) is 19.5. The van der Waals surface area contributed by atoms with E-state index in [9.17, 15) is 4.79 Å². The van der Waals surface area contributed by atoms with Gasteiger partial charge in [-0.15, -0.1) is 0 Å². The van der Waals surface area contributed by atoms with Crippen molar-refractivity contribution in [3.63, 3.8) is 0 Å². The molecule has 3 N–H and O–H groups in total. The highest BCUT2D eigenvalue weighted by Gasteiger charge is 2.23. The van der Waals surface area contributed by atoms with Gasteiger partial charge in [-0.2, -0.15) is 0 Å². The van der Waals surface area contributed by atoms with E-state index in [4.69, 9.17) is 4.74 Å². The molecule has 150 valence electrons. The first-order valence-corrected chi connectivity index (χ1v) is 10.1. The molecule has 6 nitrogen and oxygen atoms in total. The van der Waals surface area contributed by atoms with Crippen LogP contribution in [0.5, 0.6) is 0 Å². The summed E-state index contributed by atoms with van der Waals surface area (Å²) in [7, 11) is 1.78. The zero-order valence-electron chi connectivity index (χ0n) is 16.9. The molecule has 0 aromatic heterocycles. The third kappa shape index (κ3) is 7.59. The summed E-state index contributed by atoms with van der Waals surface area (Å²) in [6.45, 7) is 5.72. The van der Waals surface area contributed by atoms with Gasteiger partial charge < -0.3 is 20.7 Å². The Labute approximate surface area is 163 Å². The van der Waals surface area contributed by atoms with E-state index in [0.717, 1.165) is 36.5 Å². The van der Waals surface area contributed by atoms with Crippen molar-refractivity contribution in [3.05, 3.63) is 29.8 Å². The molecule has 0 saturated carbocycles. The van der Waals surface area contributed by atoms with E-state index in [1.807, 2.05) is 24.3 Å². The standard InChI is InChI=1S/C21H34N4O2/c1-4-5-6-9-16(2)24-21(22-3)23-15-17-10-7-11-18(14-17)25-20(26)19-12-8-13-27-19/h7,10-11,14,16,19H,4-6,8-9,12-13,15H2,1-3H3,(H,25,26)(H2,22,23,24). The molecule has 0 bridgehead atoms. The first kappa shape index (κ1) is 21.2. The van der Waals surface area contributed by atoms with Crippen LogP contribution in [-0.2, 0) is 16.1 Å². The fourth-order valence-corrected chi connectivity index (χ4v) is 3.15. The fraction of sp³-hybridized carbons (Fsp3) is 0.619. The molecule has 1 aromatic rings. The van der Waals surface area contributed by atoms with E-state index in [0.29, 0.717) is 19.2 Å². The summed E-state index contributed by atoms with van der Waals surface area (Å²) in [5.74, 6) is 0.740. The second-order valence-corrected chi connectivity index (χ2v) is 7.16. The number of carbonyl (C=O) groups excluding carboxylic acids is 1. The van der Waals surface area contributed by atoms with E-state index in [2.05, 4.69) is 34.8 Å². The van der Waals surface area contributed by atoms with E-state index in [1.165, 1.54) is 19.3 Å². The lowest BCUT2D eigenvalue weighted by atomic mass is 10.1. The molecule has 2 atom stereocenters. The highest BCUT2D eigenvalue weighted by Crippen LogP contribution is 2.16. The van der Waals surface area contributed by atoms with Gasteiger partial charge in [0.2, 0.25) is 0 Å². The molecule has 1 aliphatic heterocycles. The van der Waals surface area contributed by atoms with Gasteiger partial charge in [-0.05, 0) is 43.9 Å². The topological polar surface area (TPSA) is 74.8 Å². The lowest BCUT2D eigenvalue weighted by Crippen LogP contribution is -2.41. The number of amides is 1. The van der Waals surface area contributed by atoms with E-state index in [-0.39, 0.29) is 12.0 Å². The number of rotatable bonds is 9. The van der Waals surface area contributed by atoms with Crippen molar-refractivity contribution >= 4 is 17.6 Å². The van der Waals surface area contributed by atoms with Crippen molar-refractivity contribution in [3.8, 4) is 0 Å². The van der Waals surface area contributed by atoms with Crippen molar-refractivity contribution in [1.29, 1.82) is 0 Å². The Kier molecular flexibility index (Phi) is 9.11. The van der Waals surface area contributed by atoms with Gasteiger partial charge in [0.1, 0.15) is 6.10 Å². The Morgan fingerprint density at radius 1 is 1.37 bits per heavy atom. The predicted octanol–water partition coefficient (Wildman–Crippen LogP) is 3.44. The summed E-state index contributed by atoms with van der Waals surface area (Å²) in [4.78, 5) is 16.5. The van der Waals surface area contributed by atoms with Crippen molar-refractivity contribution in [2.24, 2.45) is 4.99 Å². The number of ether oxygens (including phenoxy) is 1. The van der Waals surface area contributed by atoms with Crippen molar-refractivity contribution in [2.45, 2.75) is 71.1 Å². The molecule has 0 spiro atoms. The lowest BCUT2D eigenvalue weighted by Gasteiger charge is -2.18. The van der Waals surface area contributed by atoms with Crippen LogP contribution in [0.15, 0.2) is 29.3 Å². The maximum absolute atomic E-state index is 12.2. The number of aliphatic imine (C=N–C) groups is 1. The summed E-state index contributed by atoms with van der Waals surface area (Å²) < 4.78 is 5.43. The number of guanidine groups is 1. The minimum atomic E-state index is -0.316. The van der Waals surface area contributed by atoms with Crippen LogP contribution in [0.2, 0.25) is 0 Å². The van der Waals surface area contributed by atoms with Gasteiger partial charge in [-0.1, -0.05) is 38.3 Å². The van der Waals surface area contributed by atoms with E-state index >= 15 is 0 Å². The molecule has 1 fully saturated rings. The minimum absolute atomic E-state index is 0.0593. The van der Waals surface area contributed by atoms with Crippen LogP contribution in [0.1, 0.15) is 57.9 Å². The second kappa shape index (κ2) is 11.6. The first-order valence-electron chi connectivity index (χ1n) is 10.1. The largest absolute Gasteiger partial charge is 0.368 e. The van der Waals surface area contributed by atoms with Crippen molar-refractivity contribution in [2.75, 3.05) is 19.0 Å². The van der Waals surface area contributed by atoms with Crippen LogP contribution in [0, 0.1) is 0 Å². The quantitative estimate of drug-likeness (QED) is 0.352. The Balaban J connectivity index is 1.81. The maximum Gasteiger partial charge on any atom is 0.253 e. The van der Waals surface area contributed by atoms with Gasteiger partial charge in [0.15, 0.2) is 5.96 Å². The maximum atomic E-state index is 12.2. The number of benzene rings is 1. The molecule has 1 saturated heterocycles. The van der Waals surface area contributed by atoms with Crippen LogP contribution in [0.25, 0.3) is 0 Å². The molecule has 27 heavy (non-hydrogen) atoms. The van der Waals surface area contributed by atoms with Gasteiger partial charge in [0.25, 0.3) is 5.91 Å². The highest BCUT2D eigenvalue weighted by atomic mass is 16.5. The molecule has 1 aromatic carbocycles. The second-order valence-electron chi connectivity index (χ2n) is 7.16. The molecule has 0 radical (unpaired) electrons. The summed E-state index contributed by atoms with van der Waals surface area (Å²) in [6, 6.07) is 8.26. The molecule has 1 heterocycles. The van der Waals surface area contributed by atoms with Crippen LogP contribution >= 0.6 is 0 Å². The summed E-state index contributed by atoms with van der Waals surface area (Å²) in [5, 5.41) is 9.73. The van der Waals surface area contributed by atoms with Crippen molar-refractivity contribution < 1.29 is 9.53 Å². The SMILES string of the molecule is CCCCCC(C)NC(=NC)NCc1cccc(NC(=O)C2CCCO2)c1. The normalized spacial score (nSPS) is 18.2. The first-order chi connectivity index (χ1) is 13.1. The van der Waals surface area contributed by atoms with Gasteiger partial charge in [-0.25, -0.2) is 0 Å². The molecular formula is C21H34N4O2. The molecule has 2 unspecified atom stereocenters. The predicted molar refractivity (Wildman–Crippen MR) is 111 cm³/mol. The van der Waals surface area contributed by atoms with Crippen LogP contribution < -0.4 is 16.0 Å². The Morgan fingerprint density at radius 2 is 2.22 bits per heavy atom. The van der Waals surface area contributed by atoms with Gasteiger partial charge in [0.05, 0.1) is 0 Å². The summed E-state index contributed by atoms with van der Waals surface area (Å²) >= 11 is 0. The Bertz CT molecular complexity index is 612. The number of anilines is 1. The molecule has 1 amide bonds. The number of nitrogens with zero attached hydrogens (tertiary/aromatic N) is 1. The molecule has 1 aliphatic rings. The van der Waals surface area contributed by atoms with E-state index < -0.39 is 0 Å². The number of nitrogens with one attached hydrogen (secondary N) is 3. The van der Waals surface area contributed by atoms with Crippen LogP contribution in [0.3, 0.4) is 0 Å². The number of unbranched alkanes of at least 4 members (excludes halogenated alkanes) is 2. The summed E-state index contributed by atoms with van der Waals surface area (Å²) in [5.41, 5.74) is 1.88. The molecule has 2 rings (SSSR count). The third-order valence-corrected chi connectivity index (χ3v) is 4.72. The monoisotopic (exact) mass is 374 g/mol. The third-order valence-electron chi connectivity index (χ3n) is 4.72. The molecular weight excluding hydrogens is 340 g/mol. The number of hydrogen-bond acceptors (Lipinski definition) is 3. The number of carbonyl (C=O) groups is 1. The highest BCUT2D eigenvalue weighted by molar-refractivity contribution is 5.94.